The highest BCUT2D eigenvalue weighted by Crippen LogP contribution is 2.39. The first-order valence-corrected chi connectivity index (χ1v) is 6.25. The number of nitrogens with two attached hydrogens (primary N) is 1. The third-order valence-electron chi connectivity index (χ3n) is 3.14. The van der Waals surface area contributed by atoms with E-state index in [1.165, 1.54) is 0 Å². The van der Waals surface area contributed by atoms with Gasteiger partial charge in [-0.2, -0.15) is 0 Å². The normalized spacial score (nSPS) is 11.4. The molecule has 2 rings (SSSR count). The van der Waals surface area contributed by atoms with Gasteiger partial charge >= 0.3 is 0 Å². The van der Waals surface area contributed by atoms with Crippen LogP contribution in [0, 0.1) is 0 Å². The molecule has 0 saturated heterocycles. The molecule has 0 aliphatic heterocycles. The van der Waals surface area contributed by atoms with Crippen LogP contribution in [0.25, 0.3) is 11.1 Å². The minimum absolute atomic E-state index is 0. The highest BCUT2D eigenvalue weighted by Gasteiger charge is 2.15. The van der Waals surface area contributed by atoms with E-state index >= 15 is 0 Å². The molecule has 3 nitrogen and oxygen atoms in total. The second-order valence-electron chi connectivity index (χ2n) is 4.42. The Kier molecular flexibility index (Phi) is 5.86. The van der Waals surface area contributed by atoms with Crippen LogP contribution in [0.3, 0.4) is 0 Å². The van der Waals surface area contributed by atoms with E-state index in [9.17, 15) is 0 Å². The lowest BCUT2D eigenvalue weighted by atomic mass is 9.95. The van der Waals surface area contributed by atoms with Crippen molar-refractivity contribution in [3.8, 4) is 22.6 Å². The molecule has 1 unspecified atom stereocenters. The van der Waals surface area contributed by atoms with E-state index < -0.39 is 0 Å². The van der Waals surface area contributed by atoms with Gasteiger partial charge in [0.05, 0.1) is 14.2 Å². The van der Waals surface area contributed by atoms with Crippen LogP contribution in [-0.4, -0.2) is 14.2 Å². The van der Waals surface area contributed by atoms with Crippen molar-refractivity contribution in [2.24, 2.45) is 5.73 Å². The minimum Gasteiger partial charge on any atom is -0.493 e. The lowest BCUT2D eigenvalue weighted by molar-refractivity contribution is 0.356. The first-order valence-electron chi connectivity index (χ1n) is 6.25. The molecule has 1 atom stereocenters. The van der Waals surface area contributed by atoms with Gasteiger partial charge < -0.3 is 15.2 Å². The Morgan fingerprint density at radius 2 is 1.55 bits per heavy atom. The summed E-state index contributed by atoms with van der Waals surface area (Å²) in [5.41, 5.74) is 9.21. The smallest absolute Gasteiger partial charge is 0.168 e. The number of hydrogen-bond acceptors (Lipinski definition) is 3. The van der Waals surface area contributed by atoms with Crippen LogP contribution in [-0.2, 0) is 0 Å². The number of para-hydroxylation sites is 1. The van der Waals surface area contributed by atoms with Gasteiger partial charge in [0.1, 0.15) is 0 Å². The van der Waals surface area contributed by atoms with Crippen molar-refractivity contribution in [3.63, 3.8) is 0 Å². The first kappa shape index (κ1) is 16.3. The van der Waals surface area contributed by atoms with E-state index in [1.807, 2.05) is 43.3 Å². The summed E-state index contributed by atoms with van der Waals surface area (Å²) in [6.07, 6.45) is 0. The Morgan fingerprint density at radius 3 is 2.15 bits per heavy atom. The van der Waals surface area contributed by atoms with E-state index in [0.29, 0.717) is 0 Å². The summed E-state index contributed by atoms with van der Waals surface area (Å²) >= 11 is 0. The molecule has 0 fully saturated rings. The maximum atomic E-state index is 6.04. The second-order valence-corrected chi connectivity index (χ2v) is 4.42. The Labute approximate surface area is 126 Å². The molecule has 0 amide bonds. The zero-order valence-electron chi connectivity index (χ0n) is 11.9. The summed E-state index contributed by atoms with van der Waals surface area (Å²) in [5, 5.41) is 0. The predicted molar refractivity (Wildman–Crippen MR) is 84.8 cm³/mol. The van der Waals surface area contributed by atoms with E-state index in [4.69, 9.17) is 15.2 Å². The van der Waals surface area contributed by atoms with E-state index in [2.05, 4.69) is 6.07 Å². The van der Waals surface area contributed by atoms with Gasteiger partial charge in [0.25, 0.3) is 0 Å². The number of benzene rings is 2. The first-order chi connectivity index (χ1) is 9.19. The number of hydrogen-bond donors (Lipinski definition) is 1. The Bertz CT molecular complexity index is 570. The minimum atomic E-state index is -0.0351. The highest BCUT2D eigenvalue weighted by atomic mass is 35.5. The van der Waals surface area contributed by atoms with Gasteiger partial charge in [0.15, 0.2) is 11.5 Å². The maximum absolute atomic E-state index is 6.04. The molecule has 0 bridgehead atoms. The fraction of sp³-hybridized carbons (Fsp3) is 0.250. The van der Waals surface area contributed by atoms with Crippen molar-refractivity contribution < 1.29 is 9.47 Å². The van der Waals surface area contributed by atoms with Crippen molar-refractivity contribution in [1.29, 1.82) is 0 Å². The van der Waals surface area contributed by atoms with Crippen LogP contribution in [0.1, 0.15) is 18.5 Å². The van der Waals surface area contributed by atoms with Crippen LogP contribution in [0.5, 0.6) is 11.5 Å². The zero-order valence-corrected chi connectivity index (χ0v) is 12.7. The average Bonchev–Trinajstić information content (AvgIpc) is 2.46. The van der Waals surface area contributed by atoms with Crippen molar-refractivity contribution in [2.75, 3.05) is 14.2 Å². The fourth-order valence-electron chi connectivity index (χ4n) is 2.24. The molecule has 20 heavy (non-hydrogen) atoms. The largest absolute Gasteiger partial charge is 0.493 e. The molecular formula is C16H20ClNO2. The molecule has 2 N–H and O–H groups in total. The van der Waals surface area contributed by atoms with Crippen LogP contribution in [0.4, 0.5) is 0 Å². The Hall–Kier alpha value is -1.71. The van der Waals surface area contributed by atoms with Gasteiger partial charge in [-0.05, 0) is 24.1 Å². The molecule has 0 heterocycles. The molecule has 108 valence electrons. The molecule has 0 radical (unpaired) electrons. The van der Waals surface area contributed by atoms with Crippen LogP contribution in [0.2, 0.25) is 0 Å². The zero-order chi connectivity index (χ0) is 13.8. The van der Waals surface area contributed by atoms with Crippen molar-refractivity contribution in [1.82, 2.24) is 0 Å². The second kappa shape index (κ2) is 7.17. The molecule has 2 aromatic carbocycles. The number of methoxy groups -OCH3 is 2. The van der Waals surface area contributed by atoms with Crippen LogP contribution >= 0.6 is 12.4 Å². The average molecular weight is 294 g/mol. The molecule has 0 aliphatic carbocycles. The molecule has 2 aromatic rings. The summed E-state index contributed by atoms with van der Waals surface area (Å²) in [6.45, 7) is 1.98. The van der Waals surface area contributed by atoms with Gasteiger partial charge in [0, 0.05) is 11.6 Å². The number of halogens is 1. The summed E-state index contributed by atoms with van der Waals surface area (Å²) in [6, 6.07) is 13.9. The third-order valence-corrected chi connectivity index (χ3v) is 3.14. The van der Waals surface area contributed by atoms with Crippen molar-refractivity contribution in [2.45, 2.75) is 13.0 Å². The molecule has 0 aromatic heterocycles. The fourth-order valence-corrected chi connectivity index (χ4v) is 2.24. The lowest BCUT2D eigenvalue weighted by Gasteiger charge is -2.17. The summed E-state index contributed by atoms with van der Waals surface area (Å²) in [5.74, 6) is 1.46. The quantitative estimate of drug-likeness (QED) is 0.932. The number of ether oxygens (including phenoxy) is 2. The lowest BCUT2D eigenvalue weighted by Crippen LogP contribution is -2.07. The van der Waals surface area contributed by atoms with Gasteiger partial charge in [-0.15, -0.1) is 12.4 Å². The highest BCUT2D eigenvalue weighted by molar-refractivity contribution is 5.85. The molecular weight excluding hydrogens is 274 g/mol. The Morgan fingerprint density at radius 1 is 0.900 bits per heavy atom. The van der Waals surface area contributed by atoms with Crippen LogP contribution in [0.15, 0.2) is 42.5 Å². The summed E-state index contributed by atoms with van der Waals surface area (Å²) < 4.78 is 10.8. The summed E-state index contributed by atoms with van der Waals surface area (Å²) in [4.78, 5) is 0. The topological polar surface area (TPSA) is 44.5 Å². The third kappa shape index (κ3) is 3.06. The van der Waals surface area contributed by atoms with Gasteiger partial charge in [-0.3, -0.25) is 0 Å². The SMILES string of the molecule is COc1cccc(-c2ccccc2C(C)N)c1OC.Cl. The van der Waals surface area contributed by atoms with Crippen molar-refractivity contribution >= 4 is 12.4 Å². The molecule has 0 aliphatic rings. The van der Waals surface area contributed by atoms with Crippen LogP contribution < -0.4 is 15.2 Å². The molecule has 0 saturated carbocycles. The molecule has 4 heteroatoms. The van der Waals surface area contributed by atoms with Gasteiger partial charge in [-0.25, -0.2) is 0 Å². The van der Waals surface area contributed by atoms with Crippen molar-refractivity contribution in [3.05, 3.63) is 48.0 Å². The summed E-state index contributed by atoms with van der Waals surface area (Å²) in [7, 11) is 3.29. The number of rotatable bonds is 4. The van der Waals surface area contributed by atoms with E-state index in [-0.39, 0.29) is 18.4 Å². The van der Waals surface area contributed by atoms with Gasteiger partial charge in [0.2, 0.25) is 0 Å². The monoisotopic (exact) mass is 293 g/mol. The standard InChI is InChI=1S/C16H19NO2.ClH/c1-11(17)12-7-4-5-8-13(12)14-9-6-10-15(18-2)16(14)19-3;/h4-11H,17H2,1-3H3;1H. The predicted octanol–water partition coefficient (Wildman–Crippen LogP) is 3.81. The Balaban J connectivity index is 0.00000200. The van der Waals surface area contributed by atoms with E-state index in [0.717, 1.165) is 28.2 Å². The van der Waals surface area contributed by atoms with E-state index in [1.54, 1.807) is 14.2 Å². The molecule has 0 spiro atoms. The maximum Gasteiger partial charge on any atom is 0.168 e. The van der Waals surface area contributed by atoms with Gasteiger partial charge in [-0.1, -0.05) is 36.4 Å².